The van der Waals surface area contributed by atoms with E-state index >= 15 is 0 Å². The van der Waals surface area contributed by atoms with Gasteiger partial charge >= 0.3 is 0 Å². The maximum absolute atomic E-state index is 5.26. The van der Waals surface area contributed by atoms with E-state index in [1.807, 2.05) is 25.1 Å². The van der Waals surface area contributed by atoms with Crippen LogP contribution < -0.4 is 15.4 Å². The number of rotatable bonds is 5. The Morgan fingerprint density at radius 3 is 2.53 bits per heavy atom. The average molecular weight is 211 g/mol. The van der Waals surface area contributed by atoms with Gasteiger partial charge in [-0.2, -0.15) is 0 Å². The first kappa shape index (κ1) is 11.8. The van der Waals surface area contributed by atoms with Gasteiger partial charge in [-0.25, -0.2) is 5.90 Å². The van der Waals surface area contributed by atoms with Crippen LogP contribution in [0.1, 0.15) is 18.4 Å². The van der Waals surface area contributed by atoms with Crippen molar-refractivity contribution in [2.75, 3.05) is 20.8 Å². The molecule has 4 heteroatoms. The predicted octanol–water partition coefficient (Wildman–Crippen LogP) is 1.70. The van der Waals surface area contributed by atoms with Gasteiger partial charge in [0.2, 0.25) is 0 Å². The van der Waals surface area contributed by atoms with Crippen molar-refractivity contribution in [3.05, 3.63) is 23.8 Å². The van der Waals surface area contributed by atoms with Crippen molar-refractivity contribution in [1.29, 1.82) is 0 Å². The summed E-state index contributed by atoms with van der Waals surface area (Å²) in [5.41, 5.74) is 1.03. The van der Waals surface area contributed by atoms with Crippen LogP contribution in [0.15, 0.2) is 18.2 Å². The molecule has 0 bridgehead atoms. The van der Waals surface area contributed by atoms with Crippen molar-refractivity contribution in [3.8, 4) is 11.5 Å². The molecule has 1 aromatic carbocycles. The smallest absolute Gasteiger partial charge is 0.122 e. The van der Waals surface area contributed by atoms with Crippen LogP contribution in [-0.4, -0.2) is 20.8 Å². The minimum atomic E-state index is 0.167. The van der Waals surface area contributed by atoms with E-state index in [2.05, 4.69) is 4.84 Å². The summed E-state index contributed by atoms with van der Waals surface area (Å²) in [6.45, 7) is 2.47. The molecule has 0 saturated carbocycles. The highest BCUT2D eigenvalue weighted by molar-refractivity contribution is 5.42. The van der Waals surface area contributed by atoms with E-state index in [1.165, 1.54) is 0 Å². The van der Waals surface area contributed by atoms with E-state index in [4.69, 9.17) is 15.4 Å². The maximum Gasteiger partial charge on any atom is 0.122 e. The molecule has 0 heterocycles. The third-order valence-corrected chi connectivity index (χ3v) is 2.31. The third kappa shape index (κ3) is 2.84. The number of hydrogen-bond donors (Lipinski definition) is 1. The molecule has 0 spiro atoms. The summed E-state index contributed by atoms with van der Waals surface area (Å²) >= 11 is 0. The van der Waals surface area contributed by atoms with Gasteiger partial charge in [-0.1, -0.05) is 6.92 Å². The van der Waals surface area contributed by atoms with Crippen LogP contribution in [0.2, 0.25) is 0 Å². The highest BCUT2D eigenvalue weighted by atomic mass is 16.6. The summed E-state index contributed by atoms with van der Waals surface area (Å²) in [5.74, 6) is 6.84. The quantitative estimate of drug-likeness (QED) is 0.753. The lowest BCUT2D eigenvalue weighted by Gasteiger charge is -2.15. The Hall–Kier alpha value is -1.26. The molecule has 0 amide bonds. The van der Waals surface area contributed by atoms with Crippen molar-refractivity contribution >= 4 is 0 Å². The number of benzene rings is 1. The molecule has 0 radical (unpaired) electrons. The predicted molar refractivity (Wildman–Crippen MR) is 58.1 cm³/mol. The first-order valence-corrected chi connectivity index (χ1v) is 4.76. The van der Waals surface area contributed by atoms with Crippen LogP contribution in [0, 0.1) is 0 Å². The second kappa shape index (κ2) is 5.58. The van der Waals surface area contributed by atoms with Crippen LogP contribution in [0.4, 0.5) is 0 Å². The Kier molecular flexibility index (Phi) is 4.39. The van der Waals surface area contributed by atoms with Crippen molar-refractivity contribution in [2.45, 2.75) is 12.8 Å². The monoisotopic (exact) mass is 211 g/mol. The molecule has 0 aliphatic rings. The molecule has 0 saturated heterocycles. The normalized spacial score (nSPS) is 12.3. The molecule has 2 N–H and O–H groups in total. The summed E-state index contributed by atoms with van der Waals surface area (Å²) in [6, 6.07) is 5.67. The number of ether oxygens (including phenoxy) is 2. The molecule has 1 rings (SSSR count). The van der Waals surface area contributed by atoms with Gasteiger partial charge in [0.15, 0.2) is 0 Å². The number of methoxy groups -OCH3 is 2. The van der Waals surface area contributed by atoms with Crippen LogP contribution >= 0.6 is 0 Å². The van der Waals surface area contributed by atoms with E-state index in [9.17, 15) is 0 Å². The fourth-order valence-electron chi connectivity index (χ4n) is 1.46. The average Bonchev–Trinajstić information content (AvgIpc) is 2.28. The zero-order valence-corrected chi connectivity index (χ0v) is 9.32. The van der Waals surface area contributed by atoms with Crippen molar-refractivity contribution < 1.29 is 14.3 Å². The van der Waals surface area contributed by atoms with Crippen LogP contribution in [-0.2, 0) is 4.84 Å². The zero-order chi connectivity index (χ0) is 11.3. The van der Waals surface area contributed by atoms with E-state index < -0.39 is 0 Å². The number of hydrogen-bond acceptors (Lipinski definition) is 4. The van der Waals surface area contributed by atoms with Crippen LogP contribution in [0.3, 0.4) is 0 Å². The maximum atomic E-state index is 5.26. The second-order valence-electron chi connectivity index (χ2n) is 3.34. The first-order chi connectivity index (χ1) is 7.22. The third-order valence-electron chi connectivity index (χ3n) is 2.31. The summed E-state index contributed by atoms with van der Waals surface area (Å²) in [7, 11) is 3.27. The highest BCUT2D eigenvalue weighted by Crippen LogP contribution is 2.30. The first-order valence-electron chi connectivity index (χ1n) is 4.76. The Morgan fingerprint density at radius 1 is 1.27 bits per heavy atom. The van der Waals surface area contributed by atoms with E-state index in [0.29, 0.717) is 6.61 Å². The molecule has 0 fully saturated rings. The molecule has 4 nitrogen and oxygen atoms in total. The second-order valence-corrected chi connectivity index (χ2v) is 3.34. The molecule has 15 heavy (non-hydrogen) atoms. The molecular weight excluding hydrogens is 194 g/mol. The zero-order valence-electron chi connectivity index (χ0n) is 9.32. The van der Waals surface area contributed by atoms with Crippen molar-refractivity contribution in [3.63, 3.8) is 0 Å². The fourth-order valence-corrected chi connectivity index (χ4v) is 1.46. The van der Waals surface area contributed by atoms with E-state index in [1.54, 1.807) is 14.2 Å². The van der Waals surface area contributed by atoms with E-state index in [0.717, 1.165) is 17.1 Å². The lowest BCUT2D eigenvalue weighted by molar-refractivity contribution is 0.126. The Labute approximate surface area is 89.9 Å². The van der Waals surface area contributed by atoms with Crippen molar-refractivity contribution in [2.24, 2.45) is 5.90 Å². The largest absolute Gasteiger partial charge is 0.497 e. The molecule has 0 aliphatic heterocycles. The SMILES string of the molecule is COc1ccc(OC)c(C(C)CON)c1. The number of nitrogens with two attached hydrogens (primary N) is 1. The molecule has 1 aromatic rings. The van der Waals surface area contributed by atoms with Crippen LogP contribution in [0.25, 0.3) is 0 Å². The van der Waals surface area contributed by atoms with Gasteiger partial charge in [0.1, 0.15) is 11.5 Å². The van der Waals surface area contributed by atoms with Crippen LogP contribution in [0.5, 0.6) is 11.5 Å². The Bertz CT molecular complexity index is 315. The molecule has 1 unspecified atom stereocenters. The summed E-state index contributed by atoms with van der Waals surface area (Å²) in [5, 5.41) is 0. The Balaban J connectivity index is 3.00. The van der Waals surface area contributed by atoms with Gasteiger partial charge < -0.3 is 14.3 Å². The Morgan fingerprint density at radius 2 is 2.00 bits per heavy atom. The lowest BCUT2D eigenvalue weighted by Crippen LogP contribution is -2.09. The lowest BCUT2D eigenvalue weighted by atomic mass is 10.0. The topological polar surface area (TPSA) is 53.7 Å². The van der Waals surface area contributed by atoms with Gasteiger partial charge in [-0.15, -0.1) is 0 Å². The van der Waals surface area contributed by atoms with Gasteiger partial charge in [-0.3, -0.25) is 0 Å². The van der Waals surface area contributed by atoms with Gasteiger partial charge in [0.05, 0.1) is 20.8 Å². The highest BCUT2D eigenvalue weighted by Gasteiger charge is 2.12. The molecule has 0 aromatic heterocycles. The molecule has 84 valence electrons. The van der Waals surface area contributed by atoms with E-state index in [-0.39, 0.29) is 5.92 Å². The summed E-state index contributed by atoms with van der Waals surface area (Å²) in [6.07, 6.45) is 0. The van der Waals surface area contributed by atoms with Gasteiger partial charge in [0.25, 0.3) is 0 Å². The van der Waals surface area contributed by atoms with Gasteiger partial charge in [-0.05, 0) is 18.2 Å². The minimum Gasteiger partial charge on any atom is -0.497 e. The summed E-state index contributed by atoms with van der Waals surface area (Å²) in [4.78, 5) is 4.63. The summed E-state index contributed by atoms with van der Waals surface area (Å²) < 4.78 is 10.4. The molecule has 0 aliphatic carbocycles. The molecular formula is C11H17NO3. The van der Waals surface area contributed by atoms with Gasteiger partial charge in [0, 0.05) is 11.5 Å². The van der Waals surface area contributed by atoms with Crippen molar-refractivity contribution in [1.82, 2.24) is 0 Å². The fraction of sp³-hybridized carbons (Fsp3) is 0.455. The minimum absolute atomic E-state index is 0.167. The molecule has 1 atom stereocenters. The standard InChI is InChI=1S/C11H17NO3/c1-8(7-15-12)10-6-9(13-2)4-5-11(10)14-3/h4-6,8H,7,12H2,1-3H3.